The summed E-state index contributed by atoms with van der Waals surface area (Å²) in [5.74, 6) is -0.223. The summed E-state index contributed by atoms with van der Waals surface area (Å²) >= 11 is 0. The summed E-state index contributed by atoms with van der Waals surface area (Å²) in [7, 11) is 1.64. The topological polar surface area (TPSA) is 78.3 Å². The van der Waals surface area contributed by atoms with Gasteiger partial charge in [-0.2, -0.15) is 0 Å². The van der Waals surface area contributed by atoms with Gasteiger partial charge < -0.3 is 4.74 Å². The average molecular weight is 406 g/mol. The third-order valence-electron chi connectivity index (χ3n) is 5.41. The van der Waals surface area contributed by atoms with E-state index in [1.807, 2.05) is 39.0 Å². The number of carbonyl (C=O) groups is 2. The number of fused-ring (bicyclic) bond motifs is 1. The lowest BCUT2D eigenvalue weighted by Crippen LogP contribution is -2.26. The van der Waals surface area contributed by atoms with Gasteiger partial charge in [0, 0.05) is 19.0 Å². The van der Waals surface area contributed by atoms with E-state index >= 15 is 0 Å². The first-order valence-corrected chi connectivity index (χ1v) is 9.95. The Morgan fingerprint density at radius 2 is 1.73 bits per heavy atom. The predicted molar refractivity (Wildman–Crippen MR) is 116 cm³/mol. The minimum Gasteiger partial charge on any atom is -0.454 e. The van der Waals surface area contributed by atoms with Gasteiger partial charge in [-0.25, -0.2) is 4.98 Å². The molecular formula is C24H26N2O4. The van der Waals surface area contributed by atoms with Crippen LogP contribution in [-0.4, -0.2) is 27.4 Å². The summed E-state index contributed by atoms with van der Waals surface area (Å²) < 4.78 is 6.81. The molecule has 3 aromatic rings. The van der Waals surface area contributed by atoms with Crippen LogP contribution in [-0.2, 0) is 23.0 Å². The molecule has 6 nitrogen and oxygen atoms in total. The van der Waals surface area contributed by atoms with Crippen molar-refractivity contribution in [1.82, 2.24) is 9.55 Å². The molecule has 0 aliphatic rings. The van der Waals surface area contributed by atoms with Crippen LogP contribution < -0.4 is 5.56 Å². The number of Topliss-reactive ketones (excluding diaryl/α,β-unsaturated/α-hetero) is 1. The number of rotatable bonds is 6. The smallest absolute Gasteiger partial charge is 0.306 e. The number of aromatic nitrogens is 2. The molecule has 6 heteroatoms. The molecule has 0 bridgehead atoms. The molecule has 0 aliphatic carbocycles. The van der Waals surface area contributed by atoms with Gasteiger partial charge >= 0.3 is 5.97 Å². The van der Waals surface area contributed by atoms with Crippen molar-refractivity contribution in [3.8, 4) is 0 Å². The Kier molecular flexibility index (Phi) is 6.15. The Morgan fingerprint density at radius 1 is 1.07 bits per heavy atom. The third-order valence-corrected chi connectivity index (χ3v) is 5.41. The molecule has 2 aromatic carbocycles. The summed E-state index contributed by atoms with van der Waals surface area (Å²) in [5, 5.41) is 0.536. The molecule has 0 saturated heterocycles. The average Bonchev–Trinajstić information content (AvgIpc) is 2.71. The molecule has 30 heavy (non-hydrogen) atoms. The second-order valence-corrected chi connectivity index (χ2v) is 7.66. The van der Waals surface area contributed by atoms with Crippen LogP contribution in [0.4, 0.5) is 0 Å². The van der Waals surface area contributed by atoms with E-state index < -0.39 is 12.1 Å². The van der Waals surface area contributed by atoms with Crippen molar-refractivity contribution in [2.45, 2.75) is 46.6 Å². The van der Waals surface area contributed by atoms with Gasteiger partial charge in [-0.1, -0.05) is 18.2 Å². The van der Waals surface area contributed by atoms with Gasteiger partial charge in [0.2, 0.25) is 5.78 Å². The minimum atomic E-state index is -0.883. The van der Waals surface area contributed by atoms with Gasteiger partial charge in [0.1, 0.15) is 5.82 Å². The van der Waals surface area contributed by atoms with E-state index in [1.165, 1.54) is 4.57 Å². The first-order chi connectivity index (χ1) is 14.2. The maximum atomic E-state index is 12.7. The van der Waals surface area contributed by atoms with E-state index in [2.05, 4.69) is 4.98 Å². The highest BCUT2D eigenvalue weighted by atomic mass is 16.5. The molecule has 0 N–H and O–H groups in total. The quantitative estimate of drug-likeness (QED) is 0.462. The SMILES string of the molecule is Cc1cc(C)c(C(=O)[C@@H](C)OC(=O)CCc2nc3ccccc3c(=O)n2C)cc1C. The lowest BCUT2D eigenvalue weighted by Gasteiger charge is -2.15. The van der Waals surface area contributed by atoms with Crippen LogP contribution in [0.3, 0.4) is 0 Å². The largest absolute Gasteiger partial charge is 0.454 e. The number of nitrogens with zero attached hydrogens (tertiary/aromatic N) is 2. The van der Waals surface area contributed by atoms with Crippen LogP contribution in [0.2, 0.25) is 0 Å². The van der Waals surface area contributed by atoms with E-state index in [1.54, 1.807) is 32.2 Å². The van der Waals surface area contributed by atoms with Crippen LogP contribution in [0.5, 0.6) is 0 Å². The normalized spacial score (nSPS) is 12.0. The second-order valence-electron chi connectivity index (χ2n) is 7.66. The van der Waals surface area contributed by atoms with E-state index in [-0.39, 0.29) is 24.2 Å². The summed E-state index contributed by atoms with van der Waals surface area (Å²) in [4.78, 5) is 42.0. The first kappa shape index (κ1) is 21.4. The van der Waals surface area contributed by atoms with Gasteiger partial charge in [-0.05, 0) is 62.6 Å². The standard InChI is InChI=1S/C24H26N2O4/c1-14-12-16(3)19(13-15(14)2)23(28)17(4)30-22(27)11-10-21-25-20-9-7-6-8-18(20)24(29)26(21)5/h6-9,12-13,17H,10-11H2,1-5H3/t17-/m1/s1. The van der Waals surface area contributed by atoms with Crippen molar-refractivity contribution in [3.63, 3.8) is 0 Å². The highest BCUT2D eigenvalue weighted by Crippen LogP contribution is 2.18. The summed E-state index contributed by atoms with van der Waals surface area (Å²) in [5.41, 5.74) is 4.00. The van der Waals surface area contributed by atoms with Crippen LogP contribution in [0.15, 0.2) is 41.2 Å². The van der Waals surface area contributed by atoms with Crippen molar-refractivity contribution < 1.29 is 14.3 Å². The number of hydrogen-bond donors (Lipinski definition) is 0. The molecule has 3 rings (SSSR count). The van der Waals surface area contributed by atoms with Crippen LogP contribution in [0, 0.1) is 20.8 Å². The molecule has 0 fully saturated rings. The Morgan fingerprint density at radius 3 is 2.47 bits per heavy atom. The van der Waals surface area contributed by atoms with Crippen LogP contribution in [0.25, 0.3) is 10.9 Å². The highest BCUT2D eigenvalue weighted by molar-refractivity contribution is 6.01. The summed E-state index contributed by atoms with van der Waals surface area (Å²) in [6.45, 7) is 7.40. The number of benzene rings is 2. The molecular weight excluding hydrogens is 380 g/mol. The third kappa shape index (κ3) is 4.32. The van der Waals surface area contributed by atoms with Gasteiger partial charge in [-0.3, -0.25) is 19.0 Å². The molecule has 0 aliphatic heterocycles. The maximum Gasteiger partial charge on any atom is 0.306 e. The second kappa shape index (κ2) is 8.61. The minimum absolute atomic E-state index is 0.0299. The Balaban J connectivity index is 1.68. The number of aryl methyl sites for hydroxylation is 4. The summed E-state index contributed by atoms with van der Waals surface area (Å²) in [6, 6.07) is 10.9. The first-order valence-electron chi connectivity index (χ1n) is 9.95. The van der Waals surface area contributed by atoms with Gasteiger partial charge in [0.05, 0.1) is 17.3 Å². The Hall–Kier alpha value is -3.28. The number of ether oxygens (including phenoxy) is 1. The van der Waals surface area contributed by atoms with Crippen molar-refractivity contribution >= 4 is 22.7 Å². The number of esters is 1. The van der Waals surface area contributed by atoms with E-state index in [0.29, 0.717) is 22.3 Å². The zero-order valence-corrected chi connectivity index (χ0v) is 18.0. The van der Waals surface area contributed by atoms with Crippen molar-refractivity contribution in [2.75, 3.05) is 0 Å². The van der Waals surface area contributed by atoms with E-state index in [0.717, 1.165) is 16.7 Å². The Labute approximate surface area is 175 Å². The number of carbonyl (C=O) groups excluding carboxylic acids is 2. The molecule has 1 heterocycles. The molecule has 0 radical (unpaired) electrons. The molecule has 1 atom stereocenters. The fourth-order valence-corrected chi connectivity index (χ4v) is 3.46. The van der Waals surface area contributed by atoms with Crippen LogP contribution in [0.1, 0.15) is 46.2 Å². The molecule has 156 valence electrons. The lowest BCUT2D eigenvalue weighted by molar-refractivity contribution is -0.146. The Bertz CT molecular complexity index is 1190. The monoisotopic (exact) mass is 406 g/mol. The van der Waals surface area contributed by atoms with Gasteiger partial charge in [-0.15, -0.1) is 0 Å². The van der Waals surface area contributed by atoms with Crippen molar-refractivity contribution in [3.05, 3.63) is 74.8 Å². The number of hydrogen-bond acceptors (Lipinski definition) is 5. The van der Waals surface area contributed by atoms with Crippen molar-refractivity contribution in [2.24, 2.45) is 7.05 Å². The zero-order valence-electron chi connectivity index (χ0n) is 18.0. The highest BCUT2D eigenvalue weighted by Gasteiger charge is 2.22. The molecule has 0 saturated carbocycles. The molecule has 0 amide bonds. The van der Waals surface area contributed by atoms with Gasteiger partial charge in [0.15, 0.2) is 6.10 Å². The number of ketones is 1. The molecule has 1 aromatic heterocycles. The summed E-state index contributed by atoms with van der Waals surface area (Å²) in [6.07, 6.45) is -0.604. The van der Waals surface area contributed by atoms with Crippen molar-refractivity contribution in [1.29, 1.82) is 0 Å². The molecule has 0 unspecified atom stereocenters. The van der Waals surface area contributed by atoms with Gasteiger partial charge in [0.25, 0.3) is 5.56 Å². The number of para-hydroxylation sites is 1. The maximum absolute atomic E-state index is 12.7. The van der Waals surface area contributed by atoms with E-state index in [4.69, 9.17) is 4.74 Å². The fraction of sp³-hybridized carbons (Fsp3) is 0.333. The van der Waals surface area contributed by atoms with Crippen LogP contribution >= 0.6 is 0 Å². The zero-order chi connectivity index (χ0) is 22.0. The fourth-order valence-electron chi connectivity index (χ4n) is 3.46. The predicted octanol–water partition coefficient (Wildman–Crippen LogP) is 3.61. The molecule has 0 spiro atoms. The van der Waals surface area contributed by atoms with E-state index in [9.17, 15) is 14.4 Å². The lowest BCUT2D eigenvalue weighted by atomic mass is 9.96.